The number of likely N-dealkylation sites (tertiary alicyclic amines) is 1. The summed E-state index contributed by atoms with van der Waals surface area (Å²) in [5.41, 5.74) is 6.14. The quantitative estimate of drug-likeness (QED) is 0.878. The zero-order valence-electron chi connectivity index (χ0n) is 10.0. The summed E-state index contributed by atoms with van der Waals surface area (Å²) in [7, 11) is 0. The first-order valence-corrected chi connectivity index (χ1v) is 5.97. The molecule has 1 aliphatic heterocycles. The van der Waals surface area contributed by atoms with Gasteiger partial charge in [-0.15, -0.1) is 0 Å². The first-order chi connectivity index (χ1) is 7.99. The van der Waals surface area contributed by atoms with E-state index in [0.717, 1.165) is 32.0 Å². The molecule has 0 radical (unpaired) electrons. The van der Waals surface area contributed by atoms with E-state index in [-0.39, 0.29) is 0 Å². The van der Waals surface area contributed by atoms with Crippen molar-refractivity contribution in [2.75, 3.05) is 13.1 Å². The number of nitrogens with zero attached hydrogens (tertiary/aromatic N) is 1. The van der Waals surface area contributed by atoms with Crippen molar-refractivity contribution in [2.45, 2.75) is 31.8 Å². The van der Waals surface area contributed by atoms with Crippen molar-refractivity contribution in [2.24, 2.45) is 5.73 Å². The number of rotatable bonds is 3. The molecule has 1 aromatic carbocycles. The maximum Gasteiger partial charge on any atom is 0.129 e. The predicted octanol–water partition coefficient (Wildman–Crippen LogP) is 2.28. The van der Waals surface area contributed by atoms with E-state index in [1.54, 1.807) is 0 Å². The summed E-state index contributed by atoms with van der Waals surface area (Å²) in [6.45, 7) is 3.81. The summed E-state index contributed by atoms with van der Waals surface area (Å²) in [5.74, 6) is -1.06. The highest BCUT2D eigenvalue weighted by Crippen LogP contribution is 2.22. The normalized spacial score (nSPS) is 20.5. The first kappa shape index (κ1) is 12.5. The van der Waals surface area contributed by atoms with Gasteiger partial charge in [-0.25, -0.2) is 8.78 Å². The Hall–Kier alpha value is -1.00. The van der Waals surface area contributed by atoms with Crippen LogP contribution in [0.5, 0.6) is 0 Å². The van der Waals surface area contributed by atoms with E-state index in [0.29, 0.717) is 12.0 Å². The van der Waals surface area contributed by atoms with Gasteiger partial charge >= 0.3 is 0 Å². The summed E-state index contributed by atoms with van der Waals surface area (Å²) in [6, 6.07) is 3.67. The Morgan fingerprint density at radius 3 is 2.53 bits per heavy atom. The minimum absolute atomic E-state index is 0.402. The summed E-state index contributed by atoms with van der Waals surface area (Å²) >= 11 is 0. The minimum Gasteiger partial charge on any atom is -0.313 e. The van der Waals surface area contributed by atoms with Gasteiger partial charge in [-0.1, -0.05) is 6.07 Å². The highest BCUT2D eigenvalue weighted by molar-refractivity contribution is 5.20. The fourth-order valence-electron chi connectivity index (χ4n) is 2.39. The van der Waals surface area contributed by atoms with E-state index >= 15 is 0 Å². The molecule has 2 N–H and O–H groups in total. The smallest absolute Gasteiger partial charge is 0.129 e. The Morgan fingerprint density at radius 1 is 1.29 bits per heavy atom. The van der Waals surface area contributed by atoms with Crippen LogP contribution in [0, 0.1) is 11.6 Å². The molecule has 0 amide bonds. The van der Waals surface area contributed by atoms with Crippen molar-refractivity contribution >= 4 is 0 Å². The highest BCUT2D eigenvalue weighted by Gasteiger charge is 2.30. The Morgan fingerprint density at radius 2 is 1.94 bits per heavy atom. The van der Waals surface area contributed by atoms with Crippen molar-refractivity contribution in [3.8, 4) is 0 Å². The number of benzene rings is 1. The van der Waals surface area contributed by atoms with Crippen LogP contribution in [0.3, 0.4) is 0 Å². The van der Waals surface area contributed by atoms with E-state index in [1.165, 1.54) is 12.1 Å². The summed E-state index contributed by atoms with van der Waals surface area (Å²) < 4.78 is 26.4. The molecule has 1 saturated heterocycles. The van der Waals surface area contributed by atoms with Crippen molar-refractivity contribution < 1.29 is 8.78 Å². The van der Waals surface area contributed by atoms with E-state index in [9.17, 15) is 8.78 Å². The molecule has 1 aliphatic rings. The lowest BCUT2D eigenvalue weighted by molar-refractivity contribution is 0.140. The Kier molecular flexibility index (Phi) is 3.45. The third-order valence-corrected chi connectivity index (χ3v) is 3.39. The van der Waals surface area contributed by atoms with Gasteiger partial charge in [-0.2, -0.15) is 0 Å². The van der Waals surface area contributed by atoms with Crippen LogP contribution in [0.1, 0.15) is 25.3 Å². The molecule has 0 saturated carbocycles. The zero-order chi connectivity index (χ0) is 12.5. The first-order valence-electron chi connectivity index (χ1n) is 5.97. The average Bonchev–Trinajstić information content (AvgIpc) is 2.76. The van der Waals surface area contributed by atoms with Gasteiger partial charge < -0.3 is 5.73 Å². The molecule has 0 bridgehead atoms. The Labute approximate surface area is 100 Å². The molecule has 17 heavy (non-hydrogen) atoms. The molecule has 94 valence electrons. The molecular formula is C13H18F2N2. The van der Waals surface area contributed by atoms with Gasteiger partial charge in [-0.05, 0) is 44.5 Å². The molecule has 1 heterocycles. The topological polar surface area (TPSA) is 29.3 Å². The van der Waals surface area contributed by atoms with Crippen LogP contribution in [0.25, 0.3) is 0 Å². The van der Waals surface area contributed by atoms with E-state index in [2.05, 4.69) is 4.90 Å². The molecule has 1 unspecified atom stereocenters. The van der Waals surface area contributed by atoms with Crippen molar-refractivity contribution in [3.63, 3.8) is 0 Å². The zero-order valence-corrected chi connectivity index (χ0v) is 10.0. The van der Waals surface area contributed by atoms with Crippen LogP contribution in [0.4, 0.5) is 8.78 Å². The van der Waals surface area contributed by atoms with Crippen molar-refractivity contribution in [1.29, 1.82) is 0 Å². The number of hydrogen-bond donors (Lipinski definition) is 1. The number of nitrogens with two attached hydrogens (primary N) is 1. The van der Waals surface area contributed by atoms with Gasteiger partial charge in [0.25, 0.3) is 0 Å². The van der Waals surface area contributed by atoms with Crippen LogP contribution in [0.15, 0.2) is 18.2 Å². The average molecular weight is 240 g/mol. The van der Waals surface area contributed by atoms with Crippen LogP contribution in [-0.4, -0.2) is 23.7 Å². The van der Waals surface area contributed by atoms with Crippen molar-refractivity contribution in [3.05, 3.63) is 35.4 Å². The highest BCUT2D eigenvalue weighted by atomic mass is 19.1. The maximum absolute atomic E-state index is 13.6. The number of halogens is 2. The molecular weight excluding hydrogens is 222 g/mol. The second kappa shape index (κ2) is 4.70. The summed E-state index contributed by atoms with van der Waals surface area (Å²) in [4.78, 5) is 2.16. The lowest BCUT2D eigenvalue weighted by atomic mass is 10.00. The van der Waals surface area contributed by atoms with Gasteiger partial charge in [0.1, 0.15) is 11.6 Å². The van der Waals surface area contributed by atoms with Gasteiger partial charge in [0.15, 0.2) is 0 Å². The van der Waals surface area contributed by atoms with Gasteiger partial charge in [0, 0.05) is 12.5 Å². The standard InChI is InChI=1S/C13H18F2N2/c1-13(16,17-6-2-3-7-17)9-10-4-5-11(14)8-12(10)15/h4-5,8H,2-3,6-7,9,16H2,1H3. The lowest BCUT2D eigenvalue weighted by Crippen LogP contribution is -2.54. The third-order valence-electron chi connectivity index (χ3n) is 3.39. The van der Waals surface area contributed by atoms with Crippen LogP contribution < -0.4 is 5.73 Å². The third kappa shape index (κ3) is 2.82. The Bertz CT molecular complexity index is 398. The van der Waals surface area contributed by atoms with Gasteiger partial charge in [-0.3, -0.25) is 4.90 Å². The van der Waals surface area contributed by atoms with Gasteiger partial charge in [0.2, 0.25) is 0 Å². The SMILES string of the molecule is CC(N)(Cc1ccc(F)cc1F)N1CCCC1. The largest absolute Gasteiger partial charge is 0.313 e. The monoisotopic (exact) mass is 240 g/mol. The number of hydrogen-bond acceptors (Lipinski definition) is 2. The maximum atomic E-state index is 13.6. The van der Waals surface area contributed by atoms with E-state index < -0.39 is 17.3 Å². The molecule has 1 aromatic rings. The second-order valence-electron chi connectivity index (χ2n) is 4.96. The lowest BCUT2D eigenvalue weighted by Gasteiger charge is -2.35. The molecule has 2 rings (SSSR count). The van der Waals surface area contributed by atoms with Crippen molar-refractivity contribution in [1.82, 2.24) is 4.90 Å². The Balaban J connectivity index is 2.13. The molecule has 1 atom stereocenters. The molecule has 0 aliphatic carbocycles. The fourth-order valence-corrected chi connectivity index (χ4v) is 2.39. The second-order valence-corrected chi connectivity index (χ2v) is 4.96. The molecule has 1 fully saturated rings. The fraction of sp³-hybridized carbons (Fsp3) is 0.538. The summed E-state index contributed by atoms with van der Waals surface area (Å²) in [6.07, 6.45) is 2.68. The van der Waals surface area contributed by atoms with Crippen LogP contribution >= 0.6 is 0 Å². The minimum atomic E-state index is -0.560. The predicted molar refractivity (Wildman–Crippen MR) is 63.5 cm³/mol. The van der Waals surface area contributed by atoms with Crippen LogP contribution in [0.2, 0.25) is 0 Å². The molecule has 4 heteroatoms. The molecule has 0 spiro atoms. The molecule has 2 nitrogen and oxygen atoms in total. The van der Waals surface area contributed by atoms with E-state index in [1.807, 2.05) is 6.92 Å². The summed E-state index contributed by atoms with van der Waals surface area (Å²) in [5, 5.41) is 0. The molecule has 0 aromatic heterocycles. The van der Waals surface area contributed by atoms with Crippen LogP contribution in [-0.2, 0) is 6.42 Å². The van der Waals surface area contributed by atoms with E-state index in [4.69, 9.17) is 5.73 Å². The van der Waals surface area contributed by atoms with Gasteiger partial charge in [0.05, 0.1) is 5.66 Å².